The third-order valence-corrected chi connectivity index (χ3v) is 3.01. The summed E-state index contributed by atoms with van der Waals surface area (Å²) >= 11 is 5.86. The molecule has 100 valence electrons. The fraction of sp³-hybridized carbons (Fsp3) is 0.308. The molecule has 0 bridgehead atoms. The molecule has 2 rings (SSSR count). The molecule has 2 aromatic rings. The third kappa shape index (κ3) is 2.81. The van der Waals surface area contributed by atoms with E-state index in [9.17, 15) is 9.18 Å². The number of aromatic nitrogens is 3. The first-order valence-corrected chi connectivity index (χ1v) is 6.24. The molecule has 0 saturated heterocycles. The van der Waals surface area contributed by atoms with E-state index in [-0.39, 0.29) is 23.0 Å². The molecule has 0 aliphatic heterocycles. The summed E-state index contributed by atoms with van der Waals surface area (Å²) in [6, 6.07) is 4.25. The number of nitrogens with zero attached hydrogens (tertiary/aromatic N) is 3. The van der Waals surface area contributed by atoms with E-state index in [1.807, 2.05) is 13.8 Å². The number of Topliss-reactive ketones (excluding diaryl/α,β-unsaturated/α-hetero) is 1. The second-order valence-corrected chi connectivity index (χ2v) is 4.82. The zero-order valence-corrected chi connectivity index (χ0v) is 11.4. The van der Waals surface area contributed by atoms with Crippen molar-refractivity contribution in [2.24, 2.45) is 0 Å². The Balaban J connectivity index is 2.29. The largest absolute Gasteiger partial charge is 0.294 e. The predicted octanol–water partition coefficient (Wildman–Crippen LogP) is 3.08. The molecule has 0 spiro atoms. The number of ketones is 1. The molecule has 0 aliphatic carbocycles. The van der Waals surface area contributed by atoms with Gasteiger partial charge in [0.25, 0.3) is 0 Å². The summed E-state index contributed by atoms with van der Waals surface area (Å²) in [6.07, 6.45) is 1.35. The van der Waals surface area contributed by atoms with Crippen LogP contribution in [0, 0.1) is 5.82 Å². The Hall–Kier alpha value is -1.75. The van der Waals surface area contributed by atoms with Crippen molar-refractivity contribution in [2.75, 3.05) is 0 Å². The van der Waals surface area contributed by atoms with Crippen molar-refractivity contribution in [1.82, 2.24) is 14.8 Å². The van der Waals surface area contributed by atoms with E-state index in [2.05, 4.69) is 10.1 Å². The van der Waals surface area contributed by atoms with Gasteiger partial charge in [-0.05, 0) is 26.0 Å². The summed E-state index contributed by atoms with van der Waals surface area (Å²) in [5, 5.41) is 4.15. The van der Waals surface area contributed by atoms with E-state index in [1.165, 1.54) is 24.5 Å². The molecule has 0 fully saturated rings. The standard InChI is InChI=1S/C13H13ClFN3O/c1-8(2)18-12(16-7-17-18)6-11(19)13-9(14)4-3-5-10(13)15/h3-5,7-8H,6H2,1-2H3. The van der Waals surface area contributed by atoms with Gasteiger partial charge in [0.1, 0.15) is 18.0 Å². The Morgan fingerprint density at radius 1 is 1.47 bits per heavy atom. The Bertz CT molecular complexity index is 589. The zero-order chi connectivity index (χ0) is 14.0. The number of rotatable bonds is 4. The zero-order valence-electron chi connectivity index (χ0n) is 10.6. The Morgan fingerprint density at radius 2 is 2.21 bits per heavy atom. The van der Waals surface area contributed by atoms with Crippen LogP contribution in [0.25, 0.3) is 0 Å². The van der Waals surface area contributed by atoms with E-state index >= 15 is 0 Å². The molecule has 0 unspecified atom stereocenters. The molecule has 0 radical (unpaired) electrons. The second kappa shape index (κ2) is 5.48. The molecular formula is C13H13ClFN3O. The van der Waals surface area contributed by atoms with Crippen LogP contribution in [-0.2, 0) is 6.42 Å². The molecule has 4 nitrogen and oxygen atoms in total. The lowest BCUT2D eigenvalue weighted by Gasteiger charge is -2.09. The van der Waals surface area contributed by atoms with Crippen molar-refractivity contribution in [3.8, 4) is 0 Å². The Kier molecular flexibility index (Phi) is 3.95. The highest BCUT2D eigenvalue weighted by Gasteiger charge is 2.19. The highest BCUT2D eigenvalue weighted by atomic mass is 35.5. The fourth-order valence-corrected chi connectivity index (χ4v) is 2.10. The van der Waals surface area contributed by atoms with Gasteiger partial charge in [-0.3, -0.25) is 4.79 Å². The predicted molar refractivity (Wildman–Crippen MR) is 69.9 cm³/mol. The van der Waals surface area contributed by atoms with Crippen LogP contribution in [0.4, 0.5) is 4.39 Å². The van der Waals surface area contributed by atoms with Gasteiger partial charge in [-0.2, -0.15) is 5.10 Å². The molecule has 19 heavy (non-hydrogen) atoms. The van der Waals surface area contributed by atoms with Gasteiger partial charge in [-0.25, -0.2) is 14.1 Å². The molecule has 1 aromatic heterocycles. The van der Waals surface area contributed by atoms with Crippen LogP contribution < -0.4 is 0 Å². The van der Waals surface area contributed by atoms with Crippen LogP contribution in [0.5, 0.6) is 0 Å². The highest BCUT2D eigenvalue weighted by Crippen LogP contribution is 2.21. The molecule has 6 heteroatoms. The lowest BCUT2D eigenvalue weighted by molar-refractivity contribution is 0.0985. The van der Waals surface area contributed by atoms with Crippen LogP contribution in [0.1, 0.15) is 36.1 Å². The van der Waals surface area contributed by atoms with Crippen LogP contribution in [-0.4, -0.2) is 20.5 Å². The highest BCUT2D eigenvalue weighted by molar-refractivity contribution is 6.34. The minimum Gasteiger partial charge on any atom is -0.294 e. The third-order valence-electron chi connectivity index (χ3n) is 2.70. The second-order valence-electron chi connectivity index (χ2n) is 4.41. The molecule has 1 aromatic carbocycles. The molecule has 0 amide bonds. The lowest BCUT2D eigenvalue weighted by Crippen LogP contribution is -2.14. The summed E-state index contributed by atoms with van der Waals surface area (Å²) in [5.74, 6) is -0.523. The molecule has 1 heterocycles. The first-order valence-electron chi connectivity index (χ1n) is 5.86. The Morgan fingerprint density at radius 3 is 2.84 bits per heavy atom. The van der Waals surface area contributed by atoms with Gasteiger partial charge >= 0.3 is 0 Å². The average Bonchev–Trinajstić information content (AvgIpc) is 2.76. The smallest absolute Gasteiger partial charge is 0.174 e. The van der Waals surface area contributed by atoms with Crippen molar-refractivity contribution < 1.29 is 9.18 Å². The summed E-state index contributed by atoms with van der Waals surface area (Å²) < 4.78 is 15.3. The molecule has 0 aliphatic rings. The van der Waals surface area contributed by atoms with Crippen molar-refractivity contribution in [3.05, 3.63) is 46.8 Å². The van der Waals surface area contributed by atoms with Crippen LogP contribution >= 0.6 is 11.6 Å². The van der Waals surface area contributed by atoms with Crippen LogP contribution in [0.15, 0.2) is 24.5 Å². The van der Waals surface area contributed by atoms with Crippen molar-refractivity contribution in [1.29, 1.82) is 0 Å². The van der Waals surface area contributed by atoms with Crippen LogP contribution in [0.2, 0.25) is 5.02 Å². The van der Waals surface area contributed by atoms with E-state index in [0.29, 0.717) is 5.82 Å². The van der Waals surface area contributed by atoms with E-state index in [1.54, 1.807) is 4.68 Å². The maximum absolute atomic E-state index is 13.6. The normalized spacial score (nSPS) is 11.0. The van der Waals surface area contributed by atoms with Crippen molar-refractivity contribution in [3.63, 3.8) is 0 Å². The summed E-state index contributed by atoms with van der Waals surface area (Å²) in [7, 11) is 0. The summed E-state index contributed by atoms with van der Waals surface area (Å²) in [4.78, 5) is 16.2. The molecule has 0 saturated carbocycles. The summed E-state index contributed by atoms with van der Waals surface area (Å²) in [5.41, 5.74) is -0.0949. The van der Waals surface area contributed by atoms with Crippen LogP contribution in [0.3, 0.4) is 0 Å². The maximum Gasteiger partial charge on any atom is 0.174 e. The summed E-state index contributed by atoms with van der Waals surface area (Å²) in [6.45, 7) is 3.86. The number of halogens is 2. The molecular weight excluding hydrogens is 269 g/mol. The van der Waals surface area contributed by atoms with Crippen molar-refractivity contribution >= 4 is 17.4 Å². The molecule has 0 N–H and O–H groups in total. The SMILES string of the molecule is CC(C)n1ncnc1CC(=O)c1c(F)cccc1Cl. The van der Waals surface area contributed by atoms with E-state index < -0.39 is 11.6 Å². The number of hydrogen-bond acceptors (Lipinski definition) is 3. The number of carbonyl (C=O) groups is 1. The Labute approximate surface area is 115 Å². The van der Waals surface area contributed by atoms with Gasteiger partial charge in [0, 0.05) is 6.04 Å². The average molecular weight is 282 g/mol. The number of hydrogen-bond donors (Lipinski definition) is 0. The lowest BCUT2D eigenvalue weighted by atomic mass is 10.1. The van der Waals surface area contributed by atoms with E-state index in [4.69, 9.17) is 11.6 Å². The monoisotopic (exact) mass is 281 g/mol. The fourth-order valence-electron chi connectivity index (χ4n) is 1.83. The van der Waals surface area contributed by atoms with Gasteiger partial charge < -0.3 is 0 Å². The first-order chi connectivity index (χ1) is 9.00. The van der Waals surface area contributed by atoms with Gasteiger partial charge in [0.15, 0.2) is 5.78 Å². The quantitative estimate of drug-likeness (QED) is 0.809. The van der Waals surface area contributed by atoms with Gasteiger partial charge in [0.2, 0.25) is 0 Å². The number of carbonyl (C=O) groups excluding carboxylic acids is 1. The van der Waals surface area contributed by atoms with Gasteiger partial charge in [0.05, 0.1) is 17.0 Å². The van der Waals surface area contributed by atoms with Crippen molar-refractivity contribution in [2.45, 2.75) is 26.3 Å². The van der Waals surface area contributed by atoms with E-state index in [0.717, 1.165) is 0 Å². The minimum absolute atomic E-state index is 0.0289. The van der Waals surface area contributed by atoms with Gasteiger partial charge in [-0.1, -0.05) is 17.7 Å². The minimum atomic E-state index is -0.617. The first kappa shape index (κ1) is 13.7. The maximum atomic E-state index is 13.6. The topological polar surface area (TPSA) is 47.8 Å². The molecule has 0 atom stereocenters. The van der Waals surface area contributed by atoms with Gasteiger partial charge in [-0.15, -0.1) is 0 Å². The number of benzene rings is 1.